The van der Waals surface area contributed by atoms with E-state index < -0.39 is 0 Å². The van der Waals surface area contributed by atoms with E-state index in [4.69, 9.17) is 4.74 Å². The Labute approximate surface area is 332 Å². The highest BCUT2D eigenvalue weighted by Crippen LogP contribution is 2.70. The summed E-state index contributed by atoms with van der Waals surface area (Å²) in [4.78, 5) is 26.2. The lowest BCUT2D eigenvalue weighted by atomic mass is 9.43. The summed E-state index contributed by atoms with van der Waals surface area (Å²) in [7, 11) is 0. The van der Waals surface area contributed by atoms with Gasteiger partial charge in [0.15, 0.2) is 0 Å². The third-order valence-electron chi connectivity index (χ3n) is 20.7. The molecule has 0 saturated heterocycles. The summed E-state index contributed by atoms with van der Waals surface area (Å²) < 4.78 is 5.47. The SMILES string of the molecule is C[C@H](CCC(=O)OC(=O)CC[C@@H](C)[C@H]1CCC2C3C(CC[C@@]21C)[C@@]1(C)CC[C@H](O)CC1C[C@@H]3O)[C@H]1CC[C@H]2[C@@H]3[C@@H](O)CC4C[C@@H](O)CC[C@]4(C)[C@H]3CC[C@]12C. The molecular formula is C48H78O7. The van der Waals surface area contributed by atoms with Crippen LogP contribution in [0.25, 0.3) is 0 Å². The predicted octanol–water partition coefficient (Wildman–Crippen LogP) is 8.87. The van der Waals surface area contributed by atoms with Crippen LogP contribution in [-0.4, -0.2) is 56.8 Å². The van der Waals surface area contributed by atoms with Crippen LogP contribution in [0, 0.1) is 92.7 Å². The standard InChI is InChI=1S/C48H78O7/c1-27(33-9-11-35-43-37(17-21-47(33,35)5)45(3)19-15-31(49)23-29(45)25-39(43)51)7-13-41(53)55-42(54)14-8-28(2)34-10-12-36-44-38(18-22-48(34,36)6)46(4)20-16-32(50)24-30(46)26-40(44)52/h27-40,43-44,49-52H,7-26H2,1-6H3/t27-,28-,29?,30?,31+,32+,33-,34-,35+,36?,37+,38?,39+,40+,43+,44?,45+,46+,47-,48-/m1/s1. The van der Waals surface area contributed by atoms with Gasteiger partial charge in [-0.05, 0) is 208 Å². The quantitative estimate of drug-likeness (QED) is 0.144. The number of ether oxygens (including phenoxy) is 1. The minimum atomic E-state index is -0.381. The van der Waals surface area contributed by atoms with Gasteiger partial charge in [0.05, 0.1) is 24.4 Å². The molecule has 0 bridgehead atoms. The van der Waals surface area contributed by atoms with Gasteiger partial charge in [-0.2, -0.15) is 0 Å². The van der Waals surface area contributed by atoms with Gasteiger partial charge >= 0.3 is 11.9 Å². The topological polar surface area (TPSA) is 124 Å². The summed E-state index contributed by atoms with van der Waals surface area (Å²) in [5.74, 6) is 4.58. The first-order valence-electron chi connectivity index (χ1n) is 23.4. The van der Waals surface area contributed by atoms with E-state index in [2.05, 4.69) is 41.5 Å². The fourth-order valence-corrected chi connectivity index (χ4v) is 17.7. The van der Waals surface area contributed by atoms with Gasteiger partial charge in [0.2, 0.25) is 0 Å². The fourth-order valence-electron chi connectivity index (χ4n) is 17.7. The Hall–Kier alpha value is -1.02. The number of fused-ring (bicyclic) bond motifs is 10. The molecule has 8 rings (SSSR count). The molecule has 55 heavy (non-hydrogen) atoms. The summed E-state index contributed by atoms with van der Waals surface area (Å²) in [5.41, 5.74) is 0.779. The molecule has 0 aliphatic heterocycles. The van der Waals surface area contributed by atoms with Crippen molar-refractivity contribution < 1.29 is 34.8 Å². The van der Waals surface area contributed by atoms with E-state index in [-0.39, 0.29) is 70.9 Å². The lowest BCUT2D eigenvalue weighted by Gasteiger charge is -2.62. The van der Waals surface area contributed by atoms with Crippen molar-refractivity contribution in [2.45, 2.75) is 194 Å². The van der Waals surface area contributed by atoms with Crippen molar-refractivity contribution in [1.29, 1.82) is 0 Å². The number of carbonyl (C=O) groups excluding carboxylic acids is 2. The molecule has 0 aromatic heterocycles. The number of hydrogen-bond donors (Lipinski definition) is 4. The normalized spacial score (nSPS) is 52.7. The Morgan fingerprint density at radius 1 is 0.527 bits per heavy atom. The molecule has 20 atom stereocenters. The number of carbonyl (C=O) groups is 2. The van der Waals surface area contributed by atoms with Gasteiger partial charge in [-0.25, -0.2) is 0 Å². The van der Waals surface area contributed by atoms with E-state index in [1.165, 1.54) is 12.8 Å². The summed E-state index contributed by atoms with van der Waals surface area (Å²) >= 11 is 0. The molecule has 4 N–H and O–H groups in total. The van der Waals surface area contributed by atoms with Crippen LogP contribution >= 0.6 is 0 Å². The van der Waals surface area contributed by atoms with Crippen molar-refractivity contribution in [2.24, 2.45) is 92.7 Å². The first-order chi connectivity index (χ1) is 26.0. The molecule has 0 spiro atoms. The van der Waals surface area contributed by atoms with Crippen LogP contribution in [-0.2, 0) is 14.3 Å². The van der Waals surface area contributed by atoms with E-state index in [9.17, 15) is 30.0 Å². The highest BCUT2D eigenvalue weighted by molar-refractivity contribution is 5.85. The molecule has 8 aliphatic carbocycles. The van der Waals surface area contributed by atoms with Gasteiger partial charge < -0.3 is 25.2 Å². The second kappa shape index (κ2) is 14.9. The molecule has 8 fully saturated rings. The average molecular weight is 767 g/mol. The van der Waals surface area contributed by atoms with Gasteiger partial charge in [0, 0.05) is 12.8 Å². The summed E-state index contributed by atoms with van der Waals surface area (Å²) in [6.45, 7) is 14.5. The number of esters is 2. The minimum Gasteiger partial charge on any atom is -0.393 e. The largest absolute Gasteiger partial charge is 0.393 e. The third kappa shape index (κ3) is 6.74. The van der Waals surface area contributed by atoms with E-state index >= 15 is 0 Å². The molecule has 7 heteroatoms. The molecule has 0 aromatic carbocycles. The van der Waals surface area contributed by atoms with Crippen molar-refractivity contribution in [3.63, 3.8) is 0 Å². The maximum absolute atomic E-state index is 13.1. The number of rotatable bonds is 8. The molecule has 8 saturated carbocycles. The smallest absolute Gasteiger partial charge is 0.313 e. The van der Waals surface area contributed by atoms with E-state index in [1.807, 2.05) is 0 Å². The van der Waals surface area contributed by atoms with Gasteiger partial charge in [-0.3, -0.25) is 9.59 Å². The second-order valence-corrected chi connectivity index (χ2v) is 22.8. The fraction of sp³-hybridized carbons (Fsp3) is 0.958. The van der Waals surface area contributed by atoms with Crippen LogP contribution < -0.4 is 0 Å². The van der Waals surface area contributed by atoms with Crippen molar-refractivity contribution in [2.75, 3.05) is 0 Å². The Balaban J connectivity index is 0.809. The molecule has 0 amide bonds. The zero-order chi connectivity index (χ0) is 39.2. The molecule has 312 valence electrons. The van der Waals surface area contributed by atoms with Crippen molar-refractivity contribution in [1.82, 2.24) is 0 Å². The molecule has 0 heterocycles. The highest BCUT2D eigenvalue weighted by Gasteiger charge is 2.64. The number of aliphatic hydroxyl groups excluding tert-OH is 4. The van der Waals surface area contributed by atoms with Crippen LogP contribution in [0.15, 0.2) is 0 Å². The maximum Gasteiger partial charge on any atom is 0.313 e. The van der Waals surface area contributed by atoms with Crippen LogP contribution in [0.5, 0.6) is 0 Å². The minimum absolute atomic E-state index is 0.166. The van der Waals surface area contributed by atoms with Gasteiger partial charge in [-0.1, -0.05) is 41.5 Å². The average Bonchev–Trinajstić information content (AvgIpc) is 3.68. The van der Waals surface area contributed by atoms with Crippen molar-refractivity contribution in [3.8, 4) is 0 Å². The highest BCUT2D eigenvalue weighted by atomic mass is 16.6. The lowest BCUT2D eigenvalue weighted by molar-refractivity contribution is -0.174. The Kier molecular flexibility index (Phi) is 11.0. The molecule has 5 unspecified atom stereocenters. The summed E-state index contributed by atoms with van der Waals surface area (Å²) in [6.07, 6.45) is 17.6. The van der Waals surface area contributed by atoms with Crippen LogP contribution in [0.3, 0.4) is 0 Å². The van der Waals surface area contributed by atoms with E-state index in [0.717, 1.165) is 103 Å². The van der Waals surface area contributed by atoms with Crippen LogP contribution in [0.2, 0.25) is 0 Å². The van der Waals surface area contributed by atoms with Gasteiger partial charge in [0.1, 0.15) is 0 Å². The monoisotopic (exact) mass is 767 g/mol. The van der Waals surface area contributed by atoms with Gasteiger partial charge in [-0.15, -0.1) is 0 Å². The lowest BCUT2D eigenvalue weighted by Crippen LogP contribution is -2.58. The van der Waals surface area contributed by atoms with E-state index in [0.29, 0.717) is 71.0 Å². The predicted molar refractivity (Wildman–Crippen MR) is 213 cm³/mol. The van der Waals surface area contributed by atoms with Gasteiger partial charge in [0.25, 0.3) is 0 Å². The zero-order valence-electron chi connectivity index (χ0n) is 35.4. The maximum atomic E-state index is 13.1. The summed E-state index contributed by atoms with van der Waals surface area (Å²) in [6, 6.07) is 0. The summed E-state index contributed by atoms with van der Waals surface area (Å²) in [5, 5.41) is 44.1. The Bertz CT molecular complexity index is 1330. The first kappa shape index (κ1) is 40.7. The van der Waals surface area contributed by atoms with Crippen molar-refractivity contribution in [3.05, 3.63) is 0 Å². The molecular weight excluding hydrogens is 689 g/mol. The number of aliphatic hydroxyl groups is 4. The first-order valence-corrected chi connectivity index (χ1v) is 23.4. The molecule has 7 nitrogen and oxygen atoms in total. The van der Waals surface area contributed by atoms with Crippen LogP contribution in [0.1, 0.15) is 170 Å². The second-order valence-electron chi connectivity index (χ2n) is 22.8. The molecule has 0 aromatic rings. The third-order valence-corrected chi connectivity index (χ3v) is 20.7. The van der Waals surface area contributed by atoms with Crippen molar-refractivity contribution >= 4 is 11.9 Å². The molecule has 0 radical (unpaired) electrons. The molecule has 8 aliphatic rings. The van der Waals surface area contributed by atoms with E-state index in [1.54, 1.807) is 0 Å². The van der Waals surface area contributed by atoms with Crippen LogP contribution in [0.4, 0.5) is 0 Å². The Morgan fingerprint density at radius 3 is 1.29 bits per heavy atom. The zero-order valence-corrected chi connectivity index (χ0v) is 35.4. The Morgan fingerprint density at radius 2 is 0.891 bits per heavy atom. The number of hydrogen-bond acceptors (Lipinski definition) is 7.